The van der Waals surface area contributed by atoms with Gasteiger partial charge in [-0.25, -0.2) is 0 Å². The zero-order chi connectivity index (χ0) is 12.3. The highest BCUT2D eigenvalue weighted by molar-refractivity contribution is 6.34. The molecule has 0 heterocycles. The summed E-state index contributed by atoms with van der Waals surface area (Å²) in [6.07, 6.45) is 0. The number of hydrogen-bond acceptors (Lipinski definition) is 3. The number of nitrogens with two attached hydrogens (primary N) is 1. The van der Waals surface area contributed by atoms with E-state index in [2.05, 4.69) is 5.32 Å². The summed E-state index contributed by atoms with van der Waals surface area (Å²) in [4.78, 5) is 11.7. The van der Waals surface area contributed by atoms with Crippen LogP contribution >= 0.6 is 11.6 Å². The van der Waals surface area contributed by atoms with E-state index in [4.69, 9.17) is 17.3 Å². The molecule has 0 saturated heterocycles. The summed E-state index contributed by atoms with van der Waals surface area (Å²) < 4.78 is 0. The first kappa shape index (κ1) is 12.8. The van der Waals surface area contributed by atoms with E-state index in [-0.39, 0.29) is 18.0 Å². The summed E-state index contributed by atoms with van der Waals surface area (Å²) >= 11 is 5.87. The van der Waals surface area contributed by atoms with Crippen molar-refractivity contribution in [1.29, 1.82) is 0 Å². The van der Waals surface area contributed by atoms with Crippen molar-refractivity contribution in [3.63, 3.8) is 0 Å². The first-order valence-electron chi connectivity index (χ1n) is 4.86. The van der Waals surface area contributed by atoms with E-state index in [0.29, 0.717) is 10.7 Å². The fourth-order valence-electron chi connectivity index (χ4n) is 1.17. The zero-order valence-electron chi connectivity index (χ0n) is 9.25. The van der Waals surface area contributed by atoms with Gasteiger partial charge in [0.1, 0.15) is 0 Å². The van der Waals surface area contributed by atoms with Gasteiger partial charge in [-0.05, 0) is 26.0 Å². The minimum atomic E-state index is -0.967. The molecule has 1 aromatic carbocycles. The van der Waals surface area contributed by atoms with Crippen molar-refractivity contribution < 1.29 is 9.90 Å². The number of nitrogen functional groups attached to an aromatic ring is 1. The SMILES string of the molecule is CC(C)(O)CNC(=O)c1c(N)cccc1Cl. The molecular formula is C11H15ClN2O2. The van der Waals surface area contributed by atoms with Crippen molar-refractivity contribution in [2.45, 2.75) is 19.4 Å². The van der Waals surface area contributed by atoms with Gasteiger partial charge in [-0.15, -0.1) is 0 Å². The van der Waals surface area contributed by atoms with Crippen molar-refractivity contribution in [2.75, 3.05) is 12.3 Å². The van der Waals surface area contributed by atoms with E-state index in [0.717, 1.165) is 0 Å². The van der Waals surface area contributed by atoms with Crippen molar-refractivity contribution in [2.24, 2.45) is 0 Å². The third kappa shape index (κ3) is 3.40. The lowest BCUT2D eigenvalue weighted by Crippen LogP contribution is -2.38. The topological polar surface area (TPSA) is 75.3 Å². The van der Waals surface area contributed by atoms with Crippen LogP contribution in [-0.4, -0.2) is 23.2 Å². The summed E-state index contributed by atoms with van der Waals surface area (Å²) in [5.74, 6) is -0.384. The standard InChI is InChI=1S/C11H15ClN2O2/c1-11(2,16)6-14-10(15)9-7(12)4-3-5-8(9)13/h3-5,16H,6,13H2,1-2H3,(H,14,15). The summed E-state index contributed by atoms with van der Waals surface area (Å²) in [7, 11) is 0. The molecule has 0 aliphatic heterocycles. The molecule has 1 aromatic rings. The second-order valence-electron chi connectivity index (χ2n) is 4.20. The largest absolute Gasteiger partial charge is 0.398 e. The molecule has 1 amide bonds. The van der Waals surface area contributed by atoms with E-state index < -0.39 is 5.60 Å². The molecule has 0 unspecified atom stereocenters. The molecule has 0 aromatic heterocycles. The quantitative estimate of drug-likeness (QED) is 0.702. The Morgan fingerprint density at radius 2 is 2.19 bits per heavy atom. The monoisotopic (exact) mass is 242 g/mol. The fraction of sp³-hybridized carbons (Fsp3) is 0.364. The second-order valence-corrected chi connectivity index (χ2v) is 4.61. The van der Waals surface area contributed by atoms with Gasteiger partial charge in [0.15, 0.2) is 0 Å². The molecule has 16 heavy (non-hydrogen) atoms. The van der Waals surface area contributed by atoms with Crippen molar-refractivity contribution in [3.8, 4) is 0 Å². The molecule has 0 atom stereocenters. The highest BCUT2D eigenvalue weighted by Gasteiger charge is 2.17. The maximum absolute atomic E-state index is 11.7. The molecule has 4 N–H and O–H groups in total. The number of aliphatic hydroxyl groups is 1. The highest BCUT2D eigenvalue weighted by atomic mass is 35.5. The Hall–Kier alpha value is -1.26. The van der Waals surface area contributed by atoms with Crippen LogP contribution in [0.3, 0.4) is 0 Å². The Labute approximate surface area is 99.4 Å². The van der Waals surface area contributed by atoms with Crippen LogP contribution < -0.4 is 11.1 Å². The van der Waals surface area contributed by atoms with Crippen molar-refractivity contribution in [1.82, 2.24) is 5.32 Å². The van der Waals surface area contributed by atoms with Gasteiger partial charge in [0.05, 0.1) is 16.2 Å². The lowest BCUT2D eigenvalue weighted by atomic mass is 10.1. The Bertz CT molecular complexity index is 379. The van der Waals surface area contributed by atoms with Gasteiger partial charge in [0.25, 0.3) is 5.91 Å². The predicted molar refractivity (Wildman–Crippen MR) is 64.5 cm³/mol. The third-order valence-electron chi connectivity index (χ3n) is 1.95. The first-order valence-corrected chi connectivity index (χ1v) is 5.23. The molecule has 0 fully saturated rings. The minimum absolute atomic E-state index is 0.135. The maximum Gasteiger partial charge on any atom is 0.254 e. The van der Waals surface area contributed by atoms with E-state index in [1.165, 1.54) is 0 Å². The van der Waals surface area contributed by atoms with Gasteiger partial charge in [0, 0.05) is 12.2 Å². The van der Waals surface area contributed by atoms with Crippen LogP contribution in [0, 0.1) is 0 Å². The van der Waals surface area contributed by atoms with E-state index in [9.17, 15) is 9.90 Å². The summed E-state index contributed by atoms with van der Waals surface area (Å²) in [5.41, 5.74) is 5.25. The molecule has 1 rings (SSSR count). The lowest BCUT2D eigenvalue weighted by molar-refractivity contribution is 0.0695. The zero-order valence-corrected chi connectivity index (χ0v) is 10.0. The Balaban J connectivity index is 2.81. The Morgan fingerprint density at radius 3 is 2.69 bits per heavy atom. The molecule has 0 bridgehead atoms. The smallest absolute Gasteiger partial charge is 0.254 e. The molecular weight excluding hydrogens is 228 g/mol. The number of nitrogens with one attached hydrogen (secondary N) is 1. The fourth-order valence-corrected chi connectivity index (χ4v) is 1.43. The number of anilines is 1. The number of halogens is 1. The number of amides is 1. The van der Waals surface area contributed by atoms with Crippen LogP contribution in [-0.2, 0) is 0 Å². The van der Waals surface area contributed by atoms with Gasteiger partial charge >= 0.3 is 0 Å². The van der Waals surface area contributed by atoms with Gasteiger partial charge in [-0.2, -0.15) is 0 Å². The molecule has 0 aliphatic carbocycles. The Morgan fingerprint density at radius 1 is 1.56 bits per heavy atom. The van der Waals surface area contributed by atoms with Crippen LogP contribution in [0.4, 0.5) is 5.69 Å². The molecule has 0 saturated carbocycles. The van der Waals surface area contributed by atoms with Gasteiger partial charge in [0.2, 0.25) is 0 Å². The van der Waals surface area contributed by atoms with Crippen LogP contribution in [0.5, 0.6) is 0 Å². The maximum atomic E-state index is 11.7. The van der Waals surface area contributed by atoms with E-state index in [1.54, 1.807) is 32.0 Å². The average molecular weight is 243 g/mol. The lowest BCUT2D eigenvalue weighted by Gasteiger charge is -2.18. The molecule has 0 radical (unpaired) electrons. The number of carbonyl (C=O) groups excluding carboxylic acids is 1. The molecule has 4 nitrogen and oxygen atoms in total. The third-order valence-corrected chi connectivity index (χ3v) is 2.27. The highest BCUT2D eigenvalue weighted by Crippen LogP contribution is 2.21. The van der Waals surface area contributed by atoms with E-state index in [1.807, 2.05) is 0 Å². The normalized spacial score (nSPS) is 11.2. The summed E-state index contributed by atoms with van der Waals surface area (Å²) in [6.45, 7) is 3.34. The van der Waals surface area contributed by atoms with Gasteiger partial charge < -0.3 is 16.2 Å². The molecule has 88 valence electrons. The number of carbonyl (C=O) groups is 1. The van der Waals surface area contributed by atoms with Crippen molar-refractivity contribution in [3.05, 3.63) is 28.8 Å². The van der Waals surface area contributed by atoms with Crippen LogP contribution in [0.1, 0.15) is 24.2 Å². The van der Waals surface area contributed by atoms with Gasteiger partial charge in [-0.3, -0.25) is 4.79 Å². The van der Waals surface area contributed by atoms with E-state index >= 15 is 0 Å². The Kier molecular flexibility index (Phi) is 3.78. The molecule has 5 heteroatoms. The number of rotatable bonds is 3. The summed E-state index contributed by atoms with van der Waals surface area (Å²) in [5, 5.41) is 12.3. The molecule has 0 aliphatic rings. The summed E-state index contributed by atoms with van der Waals surface area (Å²) in [6, 6.07) is 4.87. The van der Waals surface area contributed by atoms with Crippen LogP contribution in [0.25, 0.3) is 0 Å². The average Bonchev–Trinajstić information content (AvgIpc) is 2.13. The van der Waals surface area contributed by atoms with Crippen molar-refractivity contribution >= 4 is 23.2 Å². The first-order chi connectivity index (χ1) is 7.31. The minimum Gasteiger partial charge on any atom is -0.398 e. The number of hydrogen-bond donors (Lipinski definition) is 3. The van der Waals surface area contributed by atoms with Crippen LogP contribution in [0.2, 0.25) is 5.02 Å². The second kappa shape index (κ2) is 4.72. The number of benzene rings is 1. The molecule has 0 spiro atoms. The predicted octanol–water partition coefficient (Wildman–Crippen LogP) is 1.42. The van der Waals surface area contributed by atoms with Crippen LogP contribution in [0.15, 0.2) is 18.2 Å². The van der Waals surface area contributed by atoms with Gasteiger partial charge in [-0.1, -0.05) is 17.7 Å².